The predicted molar refractivity (Wildman–Crippen MR) is 100 cm³/mol. The molecule has 1 N–H and O–H groups in total. The summed E-state index contributed by atoms with van der Waals surface area (Å²) in [6, 6.07) is 0. The van der Waals surface area contributed by atoms with Gasteiger partial charge in [-0.3, -0.25) is 0 Å². The van der Waals surface area contributed by atoms with Crippen LogP contribution in [-0.2, 0) is 0 Å². The highest BCUT2D eigenvalue weighted by molar-refractivity contribution is 4.96. The maximum absolute atomic E-state index is 9.24. The Morgan fingerprint density at radius 1 is 0.727 bits per heavy atom. The largest absolute Gasteiger partial charge is 0.396 e. The molecule has 0 bridgehead atoms. The fourth-order valence-corrected chi connectivity index (χ4v) is 2.61. The molecule has 0 rings (SSSR count). The SMILES string of the molecule is CC/C=C\C/C=C\C/C=C\CCCCCCC(CO)CCC. The van der Waals surface area contributed by atoms with E-state index in [1.165, 1.54) is 51.4 Å². The van der Waals surface area contributed by atoms with Crippen molar-refractivity contribution in [2.75, 3.05) is 6.61 Å². The van der Waals surface area contributed by atoms with Crippen molar-refractivity contribution in [2.45, 2.75) is 84.5 Å². The van der Waals surface area contributed by atoms with E-state index in [0.29, 0.717) is 12.5 Å². The van der Waals surface area contributed by atoms with Gasteiger partial charge < -0.3 is 5.11 Å². The molecular weight excluding hydrogens is 268 g/mol. The lowest BCUT2D eigenvalue weighted by molar-refractivity contribution is 0.206. The van der Waals surface area contributed by atoms with Crippen LogP contribution < -0.4 is 0 Å². The molecule has 0 fully saturated rings. The molecule has 0 spiro atoms. The van der Waals surface area contributed by atoms with Crippen molar-refractivity contribution in [3.8, 4) is 0 Å². The fraction of sp³-hybridized carbons (Fsp3) is 0.714. The third kappa shape index (κ3) is 15.6. The van der Waals surface area contributed by atoms with E-state index >= 15 is 0 Å². The summed E-state index contributed by atoms with van der Waals surface area (Å²) in [5, 5.41) is 9.24. The third-order valence-corrected chi connectivity index (χ3v) is 3.97. The molecule has 0 heterocycles. The molecule has 22 heavy (non-hydrogen) atoms. The Balaban J connectivity index is 3.35. The number of hydrogen-bond donors (Lipinski definition) is 1. The second-order valence-electron chi connectivity index (χ2n) is 6.12. The monoisotopic (exact) mass is 306 g/mol. The normalized spacial score (nSPS) is 13.8. The lowest BCUT2D eigenvalue weighted by atomic mass is 9.97. The van der Waals surface area contributed by atoms with Gasteiger partial charge in [0.15, 0.2) is 0 Å². The standard InChI is InChI=1S/C21H38O/c1-3-5-6-7-8-9-10-11-12-13-14-15-16-17-19-21(20-22)18-4-2/h5-6,8-9,11-12,21-22H,3-4,7,10,13-20H2,1-2H3/b6-5-,9-8-,12-11-. The summed E-state index contributed by atoms with van der Waals surface area (Å²) >= 11 is 0. The van der Waals surface area contributed by atoms with E-state index in [0.717, 1.165) is 19.3 Å². The van der Waals surface area contributed by atoms with E-state index in [-0.39, 0.29) is 0 Å². The fourth-order valence-electron chi connectivity index (χ4n) is 2.61. The summed E-state index contributed by atoms with van der Waals surface area (Å²) in [6.45, 7) is 4.74. The molecule has 0 aliphatic carbocycles. The molecule has 0 aromatic rings. The molecule has 0 aromatic heterocycles. The zero-order valence-electron chi connectivity index (χ0n) is 15.0. The molecule has 0 aliphatic rings. The van der Waals surface area contributed by atoms with Gasteiger partial charge in [-0.2, -0.15) is 0 Å². The topological polar surface area (TPSA) is 20.2 Å². The molecule has 128 valence electrons. The lowest BCUT2D eigenvalue weighted by Crippen LogP contribution is -2.05. The van der Waals surface area contributed by atoms with Crippen LogP contribution in [0.15, 0.2) is 36.5 Å². The van der Waals surface area contributed by atoms with Crippen LogP contribution in [0.3, 0.4) is 0 Å². The smallest absolute Gasteiger partial charge is 0.0459 e. The Hall–Kier alpha value is -0.820. The lowest BCUT2D eigenvalue weighted by Gasteiger charge is -2.12. The van der Waals surface area contributed by atoms with Gasteiger partial charge in [0.1, 0.15) is 0 Å². The van der Waals surface area contributed by atoms with Crippen LogP contribution in [0, 0.1) is 5.92 Å². The number of allylic oxidation sites excluding steroid dienone is 6. The summed E-state index contributed by atoms with van der Waals surface area (Å²) in [7, 11) is 0. The summed E-state index contributed by atoms with van der Waals surface area (Å²) in [5.74, 6) is 0.545. The molecule has 0 saturated heterocycles. The van der Waals surface area contributed by atoms with Crippen molar-refractivity contribution in [1.29, 1.82) is 0 Å². The molecule has 0 radical (unpaired) electrons. The van der Waals surface area contributed by atoms with Crippen molar-refractivity contribution in [3.63, 3.8) is 0 Å². The Bertz CT molecular complexity index is 288. The van der Waals surface area contributed by atoms with Crippen LogP contribution in [0.1, 0.15) is 84.5 Å². The first-order chi connectivity index (χ1) is 10.8. The van der Waals surface area contributed by atoms with E-state index in [4.69, 9.17) is 0 Å². The minimum Gasteiger partial charge on any atom is -0.396 e. The molecule has 1 nitrogen and oxygen atoms in total. The first kappa shape index (κ1) is 21.2. The van der Waals surface area contributed by atoms with Gasteiger partial charge in [0.2, 0.25) is 0 Å². The minimum atomic E-state index is 0.373. The van der Waals surface area contributed by atoms with Crippen LogP contribution in [0.5, 0.6) is 0 Å². The van der Waals surface area contributed by atoms with Crippen molar-refractivity contribution >= 4 is 0 Å². The maximum atomic E-state index is 9.24. The van der Waals surface area contributed by atoms with E-state index < -0.39 is 0 Å². The van der Waals surface area contributed by atoms with Crippen LogP contribution >= 0.6 is 0 Å². The molecule has 0 aliphatic heterocycles. The Morgan fingerprint density at radius 2 is 1.36 bits per heavy atom. The summed E-state index contributed by atoms with van der Waals surface area (Å²) < 4.78 is 0. The Labute approximate surface area is 139 Å². The number of hydrogen-bond acceptors (Lipinski definition) is 1. The van der Waals surface area contributed by atoms with E-state index in [9.17, 15) is 5.11 Å². The molecule has 0 saturated carbocycles. The van der Waals surface area contributed by atoms with Crippen LogP contribution in [-0.4, -0.2) is 11.7 Å². The Kier molecular flexibility index (Phi) is 17.6. The minimum absolute atomic E-state index is 0.373. The zero-order chi connectivity index (χ0) is 16.3. The summed E-state index contributed by atoms with van der Waals surface area (Å²) in [5.41, 5.74) is 0. The number of aliphatic hydroxyl groups is 1. The highest BCUT2D eigenvalue weighted by Gasteiger charge is 2.04. The predicted octanol–water partition coefficient (Wildman–Crippen LogP) is 6.59. The Morgan fingerprint density at radius 3 is 2.00 bits per heavy atom. The summed E-state index contributed by atoms with van der Waals surface area (Å²) in [4.78, 5) is 0. The molecule has 1 unspecified atom stereocenters. The van der Waals surface area contributed by atoms with Gasteiger partial charge in [-0.25, -0.2) is 0 Å². The quantitative estimate of drug-likeness (QED) is 0.267. The average molecular weight is 307 g/mol. The number of unbranched alkanes of at least 4 members (excludes halogenated alkanes) is 4. The van der Waals surface area contributed by atoms with E-state index in [2.05, 4.69) is 50.3 Å². The maximum Gasteiger partial charge on any atom is 0.0459 e. The van der Waals surface area contributed by atoms with Gasteiger partial charge in [-0.05, 0) is 50.9 Å². The van der Waals surface area contributed by atoms with Gasteiger partial charge >= 0.3 is 0 Å². The zero-order valence-corrected chi connectivity index (χ0v) is 15.0. The van der Waals surface area contributed by atoms with Gasteiger partial charge in [-0.1, -0.05) is 76.0 Å². The first-order valence-electron chi connectivity index (χ1n) is 9.40. The van der Waals surface area contributed by atoms with Gasteiger partial charge in [0.25, 0.3) is 0 Å². The highest BCUT2D eigenvalue weighted by atomic mass is 16.3. The van der Waals surface area contributed by atoms with Crippen molar-refractivity contribution < 1.29 is 5.11 Å². The number of rotatable bonds is 15. The van der Waals surface area contributed by atoms with Gasteiger partial charge in [0.05, 0.1) is 0 Å². The van der Waals surface area contributed by atoms with Crippen molar-refractivity contribution in [1.82, 2.24) is 0 Å². The molecule has 1 atom stereocenters. The second-order valence-corrected chi connectivity index (χ2v) is 6.12. The molecular formula is C21H38O. The number of aliphatic hydroxyl groups excluding tert-OH is 1. The van der Waals surface area contributed by atoms with Crippen LogP contribution in [0.25, 0.3) is 0 Å². The summed E-state index contributed by atoms with van der Waals surface area (Å²) in [6.07, 6.45) is 26.8. The van der Waals surface area contributed by atoms with Gasteiger partial charge in [0, 0.05) is 6.61 Å². The van der Waals surface area contributed by atoms with Crippen LogP contribution in [0.4, 0.5) is 0 Å². The van der Waals surface area contributed by atoms with Crippen molar-refractivity contribution in [2.24, 2.45) is 5.92 Å². The molecule has 0 aromatic carbocycles. The molecule has 1 heteroatoms. The van der Waals surface area contributed by atoms with Gasteiger partial charge in [-0.15, -0.1) is 0 Å². The van der Waals surface area contributed by atoms with E-state index in [1.54, 1.807) is 0 Å². The van der Waals surface area contributed by atoms with Crippen molar-refractivity contribution in [3.05, 3.63) is 36.5 Å². The highest BCUT2D eigenvalue weighted by Crippen LogP contribution is 2.15. The average Bonchev–Trinajstić information content (AvgIpc) is 2.54. The van der Waals surface area contributed by atoms with E-state index in [1.807, 2.05) is 0 Å². The third-order valence-electron chi connectivity index (χ3n) is 3.97. The second kappa shape index (κ2) is 18.2. The van der Waals surface area contributed by atoms with Crippen LogP contribution in [0.2, 0.25) is 0 Å². The molecule has 0 amide bonds. The first-order valence-corrected chi connectivity index (χ1v) is 9.40.